The van der Waals surface area contributed by atoms with E-state index in [0.717, 1.165) is 4.90 Å². The second-order valence-corrected chi connectivity index (χ2v) is 8.82. The number of hydrogen-bond acceptors (Lipinski definition) is 7. The Kier molecular flexibility index (Phi) is 6.15. The maximum Gasteiger partial charge on any atom is 0.313 e. The molecule has 180 valence electrons. The summed E-state index contributed by atoms with van der Waals surface area (Å²) in [5, 5.41) is 0.247. The Bertz CT molecular complexity index is 1570. The lowest BCUT2D eigenvalue weighted by Gasteiger charge is -2.14. The fourth-order valence-corrected chi connectivity index (χ4v) is 4.57. The first-order chi connectivity index (χ1) is 17.4. The molecule has 0 aliphatic carbocycles. The molecule has 0 radical (unpaired) electrons. The summed E-state index contributed by atoms with van der Waals surface area (Å²) in [5.74, 6) is -1.38. The fourth-order valence-electron chi connectivity index (χ4n) is 4.03. The summed E-state index contributed by atoms with van der Waals surface area (Å²) in [5.41, 5.74) is 0.869. The van der Waals surface area contributed by atoms with E-state index in [4.69, 9.17) is 13.9 Å². The summed E-state index contributed by atoms with van der Waals surface area (Å²) in [6, 6.07) is 18.1. The monoisotopic (exact) mass is 547 g/mol. The predicted octanol–water partition coefficient (Wildman–Crippen LogP) is 4.82. The first kappa shape index (κ1) is 23.5. The molecule has 0 spiro atoms. The van der Waals surface area contributed by atoms with Crippen LogP contribution in [0.4, 0.5) is 0 Å². The number of rotatable bonds is 6. The molecule has 0 saturated carbocycles. The van der Waals surface area contributed by atoms with Gasteiger partial charge in [-0.3, -0.25) is 24.1 Å². The number of hydrogen-bond donors (Lipinski definition) is 0. The number of halogens is 1. The van der Waals surface area contributed by atoms with Gasteiger partial charge in [-0.25, -0.2) is 0 Å². The predicted molar refractivity (Wildman–Crippen MR) is 134 cm³/mol. The van der Waals surface area contributed by atoms with Crippen LogP contribution in [0, 0.1) is 0 Å². The maximum absolute atomic E-state index is 13.3. The van der Waals surface area contributed by atoms with Crippen molar-refractivity contribution in [3.63, 3.8) is 0 Å². The van der Waals surface area contributed by atoms with Crippen LogP contribution < -0.4 is 14.9 Å². The highest BCUT2D eigenvalue weighted by atomic mass is 79.9. The third kappa shape index (κ3) is 4.07. The number of benzene rings is 3. The molecule has 2 amide bonds. The zero-order valence-electron chi connectivity index (χ0n) is 18.9. The normalized spacial score (nSPS) is 12.7. The molecule has 36 heavy (non-hydrogen) atoms. The molecule has 0 unspecified atom stereocenters. The molecule has 0 N–H and O–H groups in total. The smallest absolute Gasteiger partial charge is 0.313 e. The van der Waals surface area contributed by atoms with Gasteiger partial charge in [-0.05, 0) is 58.4 Å². The molecular formula is C27H18BrNO7. The molecule has 9 heteroatoms. The van der Waals surface area contributed by atoms with Crippen LogP contribution in [0.3, 0.4) is 0 Å². The zero-order chi connectivity index (χ0) is 25.4. The SMILES string of the molecule is COc1ccc(-c2oc3ccccc3c(=O)c2OC(=O)CCN2C(=O)c3ccccc3C2=O)cc1Br. The van der Waals surface area contributed by atoms with E-state index in [-0.39, 0.29) is 29.9 Å². The molecule has 1 aromatic heterocycles. The van der Waals surface area contributed by atoms with E-state index >= 15 is 0 Å². The van der Waals surface area contributed by atoms with Gasteiger partial charge in [0.2, 0.25) is 11.2 Å². The molecule has 5 rings (SSSR count). The van der Waals surface area contributed by atoms with Crippen LogP contribution in [0.15, 0.2) is 80.4 Å². The molecular weight excluding hydrogens is 530 g/mol. The number of carbonyl (C=O) groups excluding carboxylic acids is 3. The Morgan fingerprint density at radius 2 is 1.61 bits per heavy atom. The van der Waals surface area contributed by atoms with Crippen molar-refractivity contribution in [2.24, 2.45) is 0 Å². The quantitative estimate of drug-likeness (QED) is 0.251. The van der Waals surface area contributed by atoms with Crippen LogP contribution in [0.25, 0.3) is 22.3 Å². The van der Waals surface area contributed by atoms with E-state index in [9.17, 15) is 19.2 Å². The first-order valence-electron chi connectivity index (χ1n) is 10.9. The number of methoxy groups -OCH3 is 1. The van der Waals surface area contributed by atoms with Crippen molar-refractivity contribution >= 4 is 44.7 Å². The molecule has 1 aliphatic heterocycles. The number of ether oxygens (including phenoxy) is 2. The minimum absolute atomic E-state index is 0.0659. The van der Waals surface area contributed by atoms with Crippen LogP contribution in [0.5, 0.6) is 11.5 Å². The van der Waals surface area contributed by atoms with Gasteiger partial charge in [0.05, 0.1) is 34.5 Å². The van der Waals surface area contributed by atoms with Crippen LogP contribution in [0.2, 0.25) is 0 Å². The van der Waals surface area contributed by atoms with Gasteiger partial charge in [0.25, 0.3) is 11.8 Å². The minimum Gasteiger partial charge on any atom is -0.496 e. The average molecular weight is 548 g/mol. The zero-order valence-corrected chi connectivity index (χ0v) is 20.5. The van der Waals surface area contributed by atoms with Crippen LogP contribution in [0.1, 0.15) is 27.1 Å². The van der Waals surface area contributed by atoms with Gasteiger partial charge in [-0.15, -0.1) is 0 Å². The van der Waals surface area contributed by atoms with Gasteiger partial charge in [-0.1, -0.05) is 24.3 Å². The number of nitrogens with zero attached hydrogens (tertiary/aromatic N) is 1. The van der Waals surface area contributed by atoms with E-state index in [1.807, 2.05) is 0 Å². The molecule has 8 nitrogen and oxygen atoms in total. The van der Waals surface area contributed by atoms with Crippen molar-refractivity contribution in [2.75, 3.05) is 13.7 Å². The highest BCUT2D eigenvalue weighted by Gasteiger charge is 2.35. The standard InChI is InChI=1S/C27H18BrNO7/c1-34-21-11-10-15(14-19(21)28)24-25(23(31)18-8-4-5-9-20(18)35-24)36-22(30)12-13-29-26(32)16-6-2-3-7-17(16)27(29)33/h2-11,14H,12-13H2,1H3. The van der Waals surface area contributed by atoms with Crippen molar-refractivity contribution in [1.29, 1.82) is 0 Å². The Hall–Kier alpha value is -4.24. The second kappa shape index (κ2) is 9.43. The summed E-state index contributed by atoms with van der Waals surface area (Å²) in [6.45, 7) is -0.187. The van der Waals surface area contributed by atoms with Crippen molar-refractivity contribution < 1.29 is 28.3 Å². The number of carbonyl (C=O) groups is 3. The average Bonchev–Trinajstić information content (AvgIpc) is 3.13. The van der Waals surface area contributed by atoms with E-state index in [1.165, 1.54) is 7.11 Å². The lowest BCUT2D eigenvalue weighted by Crippen LogP contribution is -2.32. The fraction of sp³-hybridized carbons (Fsp3) is 0.111. The number of imide groups is 1. The summed E-state index contributed by atoms with van der Waals surface area (Å²) >= 11 is 3.41. The topological polar surface area (TPSA) is 103 Å². The highest BCUT2D eigenvalue weighted by molar-refractivity contribution is 9.10. The van der Waals surface area contributed by atoms with Crippen LogP contribution >= 0.6 is 15.9 Å². The lowest BCUT2D eigenvalue weighted by molar-refractivity contribution is -0.134. The third-order valence-electron chi connectivity index (χ3n) is 5.80. The highest BCUT2D eigenvalue weighted by Crippen LogP contribution is 2.35. The number of para-hydroxylation sites is 1. The number of amides is 2. The lowest BCUT2D eigenvalue weighted by atomic mass is 10.1. The Labute approximate surface area is 213 Å². The minimum atomic E-state index is -0.789. The molecule has 0 atom stereocenters. The van der Waals surface area contributed by atoms with E-state index < -0.39 is 23.2 Å². The van der Waals surface area contributed by atoms with E-state index in [0.29, 0.717) is 32.5 Å². The summed E-state index contributed by atoms with van der Waals surface area (Å²) in [6.07, 6.45) is -0.302. The molecule has 1 aliphatic rings. The van der Waals surface area contributed by atoms with Crippen molar-refractivity contribution in [3.8, 4) is 22.8 Å². The Balaban J connectivity index is 1.45. The van der Waals surface area contributed by atoms with Crippen molar-refractivity contribution in [3.05, 3.63) is 92.6 Å². The first-order valence-corrected chi connectivity index (χ1v) is 11.7. The molecule has 0 saturated heterocycles. The van der Waals surface area contributed by atoms with E-state index in [1.54, 1.807) is 66.7 Å². The molecule has 3 aromatic carbocycles. The Morgan fingerprint density at radius 1 is 0.944 bits per heavy atom. The molecule has 0 bridgehead atoms. The van der Waals surface area contributed by atoms with Crippen LogP contribution in [-0.4, -0.2) is 36.3 Å². The molecule has 0 fully saturated rings. The second-order valence-electron chi connectivity index (χ2n) is 7.97. The van der Waals surface area contributed by atoms with Gasteiger partial charge in [-0.2, -0.15) is 0 Å². The number of esters is 1. The largest absolute Gasteiger partial charge is 0.496 e. The maximum atomic E-state index is 13.3. The molecule has 2 heterocycles. The summed E-state index contributed by atoms with van der Waals surface area (Å²) in [7, 11) is 1.53. The van der Waals surface area contributed by atoms with Crippen molar-refractivity contribution in [2.45, 2.75) is 6.42 Å². The third-order valence-corrected chi connectivity index (χ3v) is 6.42. The summed E-state index contributed by atoms with van der Waals surface area (Å²) < 4.78 is 17.4. The Morgan fingerprint density at radius 3 is 2.28 bits per heavy atom. The van der Waals surface area contributed by atoms with Gasteiger partial charge in [0.15, 0.2) is 5.76 Å². The van der Waals surface area contributed by atoms with Crippen molar-refractivity contribution in [1.82, 2.24) is 4.90 Å². The molecule has 4 aromatic rings. The van der Waals surface area contributed by atoms with Gasteiger partial charge >= 0.3 is 5.97 Å². The van der Waals surface area contributed by atoms with Gasteiger partial charge in [0.1, 0.15) is 11.3 Å². The van der Waals surface area contributed by atoms with E-state index in [2.05, 4.69) is 15.9 Å². The van der Waals surface area contributed by atoms with Gasteiger partial charge < -0.3 is 13.9 Å². The summed E-state index contributed by atoms with van der Waals surface area (Å²) in [4.78, 5) is 52.2. The van der Waals surface area contributed by atoms with Gasteiger partial charge in [0, 0.05) is 12.1 Å². The van der Waals surface area contributed by atoms with Crippen LogP contribution in [-0.2, 0) is 4.79 Å². The number of fused-ring (bicyclic) bond motifs is 2.